The van der Waals surface area contributed by atoms with Crippen molar-refractivity contribution in [2.24, 2.45) is 0 Å². The maximum Gasteiger partial charge on any atom is 0.407 e. The van der Waals surface area contributed by atoms with Crippen LogP contribution >= 0.6 is 0 Å². The number of alkyl carbamates (subject to hydrolysis) is 1. The first-order valence-corrected chi connectivity index (χ1v) is 12.1. The van der Waals surface area contributed by atoms with E-state index in [9.17, 15) is 14.4 Å². The Labute approximate surface area is 200 Å². The zero-order valence-electron chi connectivity index (χ0n) is 19.6. The molecule has 2 amide bonds. The van der Waals surface area contributed by atoms with Crippen molar-refractivity contribution in [1.29, 1.82) is 0 Å². The van der Waals surface area contributed by atoms with Crippen LogP contribution in [0.4, 0.5) is 4.79 Å². The number of carbonyl (C=O) groups is 3. The van der Waals surface area contributed by atoms with E-state index in [4.69, 9.17) is 9.84 Å². The Hall–Kier alpha value is -3.35. The average Bonchev–Trinajstić information content (AvgIpc) is 3.49. The van der Waals surface area contributed by atoms with Gasteiger partial charge in [-0.25, -0.2) is 4.79 Å². The Morgan fingerprint density at radius 3 is 2.21 bits per heavy atom. The SMILES string of the molecule is CCN(CCCCC(=O)O)C(=O)CC1(NC(=O)OCC2c3ccccc3-c3ccccc32)CC1. The fourth-order valence-corrected chi connectivity index (χ4v) is 4.79. The van der Waals surface area contributed by atoms with Crippen molar-refractivity contribution in [3.05, 3.63) is 59.7 Å². The highest BCUT2D eigenvalue weighted by atomic mass is 16.5. The van der Waals surface area contributed by atoms with Crippen molar-refractivity contribution in [3.8, 4) is 11.1 Å². The van der Waals surface area contributed by atoms with Crippen LogP contribution in [-0.2, 0) is 14.3 Å². The van der Waals surface area contributed by atoms with Gasteiger partial charge in [-0.15, -0.1) is 0 Å². The summed E-state index contributed by atoms with van der Waals surface area (Å²) in [5.41, 5.74) is 4.15. The number of carbonyl (C=O) groups excluding carboxylic acids is 2. The average molecular weight is 465 g/mol. The van der Waals surface area contributed by atoms with E-state index in [1.54, 1.807) is 4.90 Å². The number of carboxylic acids is 1. The molecule has 7 nitrogen and oxygen atoms in total. The maximum absolute atomic E-state index is 12.8. The summed E-state index contributed by atoms with van der Waals surface area (Å²) < 4.78 is 5.66. The number of benzene rings is 2. The van der Waals surface area contributed by atoms with Gasteiger partial charge in [-0.2, -0.15) is 0 Å². The van der Waals surface area contributed by atoms with Crippen molar-refractivity contribution in [1.82, 2.24) is 10.2 Å². The van der Waals surface area contributed by atoms with Crippen LogP contribution in [0.1, 0.15) is 62.5 Å². The number of amides is 2. The van der Waals surface area contributed by atoms with Gasteiger partial charge in [-0.1, -0.05) is 48.5 Å². The number of aliphatic carboxylic acids is 1. The van der Waals surface area contributed by atoms with E-state index < -0.39 is 17.6 Å². The molecule has 2 aliphatic rings. The van der Waals surface area contributed by atoms with Crippen LogP contribution in [0.5, 0.6) is 0 Å². The highest BCUT2D eigenvalue weighted by molar-refractivity contribution is 5.80. The van der Waals surface area contributed by atoms with E-state index in [-0.39, 0.29) is 31.3 Å². The molecule has 2 N–H and O–H groups in total. The predicted molar refractivity (Wildman–Crippen MR) is 129 cm³/mol. The largest absolute Gasteiger partial charge is 0.481 e. The van der Waals surface area contributed by atoms with Crippen molar-refractivity contribution < 1.29 is 24.2 Å². The standard InChI is InChI=1S/C27H32N2O5/c1-2-29(16-8-7-13-25(31)32)24(30)17-27(14-15-27)28-26(33)34-18-23-21-11-5-3-9-19(21)20-10-4-6-12-22(20)23/h3-6,9-12,23H,2,7-8,13-18H2,1H3,(H,28,33)(H,31,32). The molecule has 0 radical (unpaired) electrons. The van der Waals surface area contributed by atoms with Gasteiger partial charge in [0, 0.05) is 25.4 Å². The number of hydrogen-bond donors (Lipinski definition) is 2. The van der Waals surface area contributed by atoms with Gasteiger partial charge in [0.15, 0.2) is 0 Å². The minimum absolute atomic E-state index is 0.00341. The molecule has 0 aromatic heterocycles. The second-order valence-corrected chi connectivity index (χ2v) is 9.23. The van der Waals surface area contributed by atoms with E-state index in [1.807, 2.05) is 31.2 Å². The molecule has 1 fully saturated rings. The lowest BCUT2D eigenvalue weighted by molar-refractivity contribution is -0.137. The molecule has 1 saturated carbocycles. The van der Waals surface area contributed by atoms with Crippen LogP contribution in [0.2, 0.25) is 0 Å². The third kappa shape index (κ3) is 5.41. The Balaban J connectivity index is 1.29. The summed E-state index contributed by atoms with van der Waals surface area (Å²) in [5, 5.41) is 11.7. The topological polar surface area (TPSA) is 95.9 Å². The number of fused-ring (bicyclic) bond motifs is 3. The van der Waals surface area contributed by atoms with E-state index >= 15 is 0 Å². The molecule has 0 aliphatic heterocycles. The molecule has 34 heavy (non-hydrogen) atoms. The number of ether oxygens (including phenoxy) is 1. The fourth-order valence-electron chi connectivity index (χ4n) is 4.79. The van der Waals surface area contributed by atoms with Gasteiger partial charge in [-0.05, 0) is 54.9 Å². The van der Waals surface area contributed by atoms with Crippen molar-refractivity contribution in [2.75, 3.05) is 19.7 Å². The molecule has 4 rings (SSSR count). The third-order valence-corrected chi connectivity index (χ3v) is 6.86. The summed E-state index contributed by atoms with van der Waals surface area (Å²) in [5.74, 6) is -0.843. The highest BCUT2D eigenvalue weighted by Gasteiger charge is 2.47. The van der Waals surface area contributed by atoms with Gasteiger partial charge in [0.1, 0.15) is 6.61 Å². The summed E-state index contributed by atoms with van der Waals surface area (Å²) in [7, 11) is 0. The van der Waals surface area contributed by atoms with E-state index in [2.05, 4.69) is 29.6 Å². The summed E-state index contributed by atoms with van der Waals surface area (Å²) in [6, 6.07) is 16.4. The first-order valence-electron chi connectivity index (χ1n) is 12.1. The Morgan fingerprint density at radius 2 is 1.65 bits per heavy atom. The zero-order chi connectivity index (χ0) is 24.1. The lowest BCUT2D eigenvalue weighted by Crippen LogP contribution is -2.43. The van der Waals surface area contributed by atoms with Gasteiger partial charge < -0.3 is 20.1 Å². The molecule has 0 saturated heterocycles. The molecule has 2 aromatic carbocycles. The summed E-state index contributed by atoms with van der Waals surface area (Å²) in [6.45, 7) is 3.25. The molecule has 7 heteroatoms. The number of carboxylic acid groups (broad SMARTS) is 1. The van der Waals surface area contributed by atoms with E-state index in [1.165, 1.54) is 11.1 Å². The number of hydrogen-bond acceptors (Lipinski definition) is 4. The number of nitrogens with zero attached hydrogens (tertiary/aromatic N) is 1. The molecule has 0 atom stereocenters. The predicted octanol–water partition coefficient (Wildman–Crippen LogP) is 4.55. The Morgan fingerprint density at radius 1 is 1.03 bits per heavy atom. The molecule has 180 valence electrons. The smallest absolute Gasteiger partial charge is 0.407 e. The quantitative estimate of drug-likeness (QED) is 0.476. The van der Waals surface area contributed by atoms with Crippen LogP contribution in [0.25, 0.3) is 11.1 Å². The normalized spacial score (nSPS) is 15.2. The summed E-state index contributed by atoms with van der Waals surface area (Å²) >= 11 is 0. The van der Waals surface area contributed by atoms with Crippen LogP contribution in [0.15, 0.2) is 48.5 Å². The van der Waals surface area contributed by atoms with Crippen molar-refractivity contribution >= 4 is 18.0 Å². The molecular formula is C27H32N2O5. The molecule has 0 heterocycles. The molecule has 2 aliphatic carbocycles. The number of unbranched alkanes of at least 4 members (excludes halogenated alkanes) is 1. The van der Waals surface area contributed by atoms with Gasteiger partial charge in [-0.3, -0.25) is 9.59 Å². The van der Waals surface area contributed by atoms with Gasteiger partial charge >= 0.3 is 12.1 Å². The fraction of sp³-hybridized carbons (Fsp3) is 0.444. The third-order valence-electron chi connectivity index (χ3n) is 6.86. The van der Waals surface area contributed by atoms with Gasteiger partial charge in [0.25, 0.3) is 0 Å². The van der Waals surface area contributed by atoms with Crippen LogP contribution < -0.4 is 5.32 Å². The Bertz CT molecular complexity index is 1020. The molecule has 0 bridgehead atoms. The zero-order valence-corrected chi connectivity index (χ0v) is 19.6. The van der Waals surface area contributed by atoms with E-state index in [0.29, 0.717) is 25.9 Å². The molecular weight excluding hydrogens is 432 g/mol. The second kappa shape index (κ2) is 10.3. The molecule has 0 unspecified atom stereocenters. The Kier molecular flexibility index (Phi) is 7.20. The van der Waals surface area contributed by atoms with Gasteiger partial charge in [0.2, 0.25) is 5.91 Å². The van der Waals surface area contributed by atoms with Gasteiger partial charge in [0.05, 0.1) is 12.0 Å². The monoisotopic (exact) mass is 464 g/mol. The summed E-state index contributed by atoms with van der Waals surface area (Å²) in [4.78, 5) is 37.9. The number of rotatable bonds is 11. The maximum atomic E-state index is 12.8. The highest BCUT2D eigenvalue weighted by Crippen LogP contribution is 2.44. The molecule has 2 aromatic rings. The van der Waals surface area contributed by atoms with Crippen LogP contribution in [0.3, 0.4) is 0 Å². The van der Waals surface area contributed by atoms with Crippen LogP contribution in [0, 0.1) is 0 Å². The minimum Gasteiger partial charge on any atom is -0.481 e. The first kappa shape index (κ1) is 23.8. The summed E-state index contributed by atoms with van der Waals surface area (Å²) in [6.07, 6.45) is 2.56. The first-order chi connectivity index (χ1) is 16.4. The number of nitrogens with one attached hydrogen (secondary N) is 1. The van der Waals surface area contributed by atoms with Crippen LogP contribution in [-0.4, -0.2) is 53.2 Å². The lowest BCUT2D eigenvalue weighted by Gasteiger charge is -2.24. The lowest BCUT2D eigenvalue weighted by atomic mass is 9.98. The second-order valence-electron chi connectivity index (χ2n) is 9.23. The minimum atomic E-state index is -0.821. The van der Waals surface area contributed by atoms with Crippen molar-refractivity contribution in [3.63, 3.8) is 0 Å². The molecule has 0 spiro atoms. The van der Waals surface area contributed by atoms with Crippen molar-refractivity contribution in [2.45, 2.75) is 56.9 Å². The van der Waals surface area contributed by atoms with E-state index in [0.717, 1.165) is 24.0 Å².